The van der Waals surface area contributed by atoms with Gasteiger partial charge in [0.2, 0.25) is 5.91 Å². The van der Waals surface area contributed by atoms with Crippen molar-refractivity contribution in [3.05, 3.63) is 66.4 Å². The van der Waals surface area contributed by atoms with Crippen LogP contribution >= 0.6 is 0 Å². The molecule has 0 aliphatic rings. The second kappa shape index (κ2) is 9.40. The number of sulfone groups is 1. The van der Waals surface area contributed by atoms with Gasteiger partial charge in [0.15, 0.2) is 15.5 Å². The van der Waals surface area contributed by atoms with Crippen LogP contribution < -0.4 is 10.6 Å². The molecule has 0 aliphatic heterocycles. The fourth-order valence-electron chi connectivity index (χ4n) is 2.69. The van der Waals surface area contributed by atoms with E-state index in [4.69, 9.17) is 4.42 Å². The molecule has 9 nitrogen and oxygen atoms in total. The summed E-state index contributed by atoms with van der Waals surface area (Å²) in [7, 11) is -3.58. The molecule has 3 rings (SSSR count). The minimum atomic E-state index is -3.58. The predicted octanol–water partition coefficient (Wildman–Crippen LogP) is 2.23. The maximum absolute atomic E-state index is 12.5. The van der Waals surface area contributed by atoms with E-state index in [1.54, 1.807) is 30.3 Å². The summed E-state index contributed by atoms with van der Waals surface area (Å²) in [6.07, 6.45) is 2.79. The number of anilines is 1. The first-order valence-corrected chi connectivity index (χ1v) is 11.0. The van der Waals surface area contributed by atoms with Crippen LogP contribution in [-0.2, 0) is 27.7 Å². The molecule has 2 N–H and O–H groups in total. The largest absolute Gasteiger partial charge is 0.467 e. The quantitative estimate of drug-likeness (QED) is 0.537. The molecule has 0 atom stereocenters. The number of nitrogens with zero attached hydrogens (tertiary/aromatic N) is 2. The fraction of sp³-hybridized carbons (Fsp3) is 0.250. The molecule has 0 unspecified atom stereocenters. The third-order valence-corrected chi connectivity index (χ3v) is 6.01. The van der Waals surface area contributed by atoms with Crippen molar-refractivity contribution in [2.75, 3.05) is 11.1 Å². The number of carbonyl (C=O) groups is 2. The number of rotatable bonds is 9. The Bertz CT molecular complexity index is 1110. The Kier molecular flexibility index (Phi) is 6.68. The van der Waals surface area contributed by atoms with Gasteiger partial charge in [-0.2, -0.15) is 5.10 Å². The van der Waals surface area contributed by atoms with Gasteiger partial charge in [0.1, 0.15) is 5.76 Å². The van der Waals surface area contributed by atoms with E-state index in [0.717, 1.165) is 0 Å². The lowest BCUT2D eigenvalue weighted by Crippen LogP contribution is -2.25. The first-order valence-electron chi connectivity index (χ1n) is 9.34. The molecule has 0 aliphatic carbocycles. The van der Waals surface area contributed by atoms with Gasteiger partial charge in [-0.1, -0.05) is 18.2 Å². The van der Waals surface area contributed by atoms with E-state index in [1.807, 2.05) is 6.92 Å². The Morgan fingerprint density at radius 3 is 2.57 bits per heavy atom. The number of benzene rings is 1. The number of furan rings is 1. The Morgan fingerprint density at radius 2 is 1.90 bits per heavy atom. The molecule has 2 aromatic heterocycles. The topological polar surface area (TPSA) is 123 Å². The summed E-state index contributed by atoms with van der Waals surface area (Å²) in [5.41, 5.74) is 0.263. The maximum atomic E-state index is 12.5. The van der Waals surface area contributed by atoms with Gasteiger partial charge in [0, 0.05) is 19.2 Å². The van der Waals surface area contributed by atoms with Crippen molar-refractivity contribution in [2.45, 2.75) is 31.3 Å². The predicted molar refractivity (Wildman–Crippen MR) is 110 cm³/mol. The Labute approximate surface area is 174 Å². The smallest absolute Gasteiger partial charge is 0.274 e. The van der Waals surface area contributed by atoms with Crippen molar-refractivity contribution < 1.29 is 22.4 Å². The van der Waals surface area contributed by atoms with E-state index in [1.165, 1.54) is 29.3 Å². The molecule has 10 heteroatoms. The Hall–Kier alpha value is -3.40. The molecular formula is C20H22N4O5S. The number of hydrogen-bond acceptors (Lipinski definition) is 6. The summed E-state index contributed by atoms with van der Waals surface area (Å²) < 4.78 is 31.4. The molecule has 158 valence electrons. The summed E-state index contributed by atoms with van der Waals surface area (Å²) in [6, 6.07) is 11.4. The van der Waals surface area contributed by atoms with E-state index >= 15 is 0 Å². The first kappa shape index (κ1) is 21.3. The monoisotopic (exact) mass is 430 g/mol. The number of amides is 2. The van der Waals surface area contributed by atoms with Crippen LogP contribution in [0.15, 0.2) is 64.2 Å². The zero-order chi connectivity index (χ0) is 21.6. The summed E-state index contributed by atoms with van der Waals surface area (Å²) >= 11 is 0. The lowest BCUT2D eigenvalue weighted by molar-refractivity contribution is -0.115. The van der Waals surface area contributed by atoms with Gasteiger partial charge < -0.3 is 15.1 Å². The van der Waals surface area contributed by atoms with Crippen molar-refractivity contribution in [3.63, 3.8) is 0 Å². The zero-order valence-corrected chi connectivity index (χ0v) is 17.2. The Morgan fingerprint density at radius 1 is 1.13 bits per heavy atom. The highest BCUT2D eigenvalue weighted by Crippen LogP contribution is 2.16. The minimum absolute atomic E-state index is 0.0441. The highest BCUT2D eigenvalue weighted by Gasteiger charge is 2.20. The molecule has 3 aromatic rings. The lowest BCUT2D eigenvalue weighted by atomic mass is 10.3. The normalized spacial score (nSPS) is 11.2. The third kappa shape index (κ3) is 5.35. The number of aromatic nitrogens is 2. The van der Waals surface area contributed by atoms with Crippen LogP contribution in [-0.4, -0.2) is 35.8 Å². The van der Waals surface area contributed by atoms with Gasteiger partial charge in [-0.05, 0) is 31.2 Å². The molecular weight excluding hydrogens is 408 g/mol. The summed E-state index contributed by atoms with van der Waals surface area (Å²) in [5.74, 6) is -0.767. The molecule has 0 saturated heterocycles. The van der Waals surface area contributed by atoms with E-state index in [-0.39, 0.29) is 35.0 Å². The second-order valence-electron chi connectivity index (χ2n) is 6.44. The maximum Gasteiger partial charge on any atom is 0.274 e. The molecule has 2 heterocycles. The van der Waals surface area contributed by atoms with Crippen molar-refractivity contribution >= 4 is 27.3 Å². The molecule has 0 bridgehead atoms. The third-order valence-electron chi connectivity index (χ3n) is 4.28. The van der Waals surface area contributed by atoms with Crippen LogP contribution in [0.25, 0.3) is 0 Å². The van der Waals surface area contributed by atoms with Crippen molar-refractivity contribution in [3.8, 4) is 0 Å². The van der Waals surface area contributed by atoms with Gasteiger partial charge in [0.25, 0.3) is 5.91 Å². The van der Waals surface area contributed by atoms with Crippen LogP contribution in [0.2, 0.25) is 0 Å². The molecule has 0 spiro atoms. The number of carbonyl (C=O) groups excluding carboxylic acids is 2. The molecule has 0 saturated carbocycles. The summed E-state index contributed by atoms with van der Waals surface area (Å²) in [6.45, 7) is 2.51. The standard InChI is InChI=1S/C20H22N4O5S/c1-2-24-14-17(19(23-24)20(26)21-13-15-7-6-11-29-15)22-18(25)10-12-30(27,28)16-8-4-3-5-9-16/h3-9,11,14H,2,10,12-13H2,1H3,(H,21,26)(H,22,25). The van der Waals surface area contributed by atoms with Crippen LogP contribution in [0.5, 0.6) is 0 Å². The van der Waals surface area contributed by atoms with Crippen LogP contribution in [0, 0.1) is 0 Å². The van der Waals surface area contributed by atoms with E-state index in [9.17, 15) is 18.0 Å². The summed E-state index contributed by atoms with van der Waals surface area (Å²) in [4.78, 5) is 25.0. The Balaban J connectivity index is 1.64. The minimum Gasteiger partial charge on any atom is -0.467 e. The average molecular weight is 430 g/mol. The average Bonchev–Trinajstić information content (AvgIpc) is 3.41. The SMILES string of the molecule is CCn1cc(NC(=O)CCS(=O)(=O)c2ccccc2)c(C(=O)NCc2ccco2)n1. The molecule has 30 heavy (non-hydrogen) atoms. The highest BCUT2D eigenvalue weighted by atomic mass is 32.2. The van der Waals surface area contributed by atoms with Gasteiger partial charge >= 0.3 is 0 Å². The van der Waals surface area contributed by atoms with Crippen molar-refractivity contribution in [1.29, 1.82) is 0 Å². The zero-order valence-electron chi connectivity index (χ0n) is 16.4. The number of nitrogens with one attached hydrogen (secondary N) is 2. The summed E-state index contributed by atoms with van der Waals surface area (Å²) in [5, 5.41) is 9.45. The van der Waals surface area contributed by atoms with Crippen molar-refractivity contribution in [1.82, 2.24) is 15.1 Å². The van der Waals surface area contributed by atoms with Gasteiger partial charge in [-0.3, -0.25) is 14.3 Å². The van der Waals surface area contributed by atoms with E-state index < -0.39 is 21.7 Å². The van der Waals surface area contributed by atoms with E-state index in [2.05, 4.69) is 15.7 Å². The lowest BCUT2D eigenvalue weighted by Gasteiger charge is -2.07. The number of aryl methyl sites for hydroxylation is 1. The van der Waals surface area contributed by atoms with Crippen molar-refractivity contribution in [2.24, 2.45) is 0 Å². The molecule has 0 fully saturated rings. The number of hydrogen-bond donors (Lipinski definition) is 2. The second-order valence-corrected chi connectivity index (χ2v) is 8.55. The van der Waals surface area contributed by atoms with E-state index in [0.29, 0.717) is 12.3 Å². The molecule has 0 radical (unpaired) electrons. The van der Waals surface area contributed by atoms with Crippen LogP contribution in [0.4, 0.5) is 5.69 Å². The van der Waals surface area contributed by atoms with Gasteiger partial charge in [-0.15, -0.1) is 0 Å². The van der Waals surface area contributed by atoms with Crippen LogP contribution in [0.3, 0.4) is 0 Å². The molecule has 2 amide bonds. The van der Waals surface area contributed by atoms with Gasteiger partial charge in [-0.25, -0.2) is 8.42 Å². The van der Waals surface area contributed by atoms with Crippen LogP contribution in [0.1, 0.15) is 29.6 Å². The first-order chi connectivity index (χ1) is 14.4. The fourth-order valence-corrected chi connectivity index (χ4v) is 3.95. The highest BCUT2D eigenvalue weighted by molar-refractivity contribution is 7.91. The van der Waals surface area contributed by atoms with Gasteiger partial charge in [0.05, 0.1) is 29.1 Å². The molecule has 1 aromatic carbocycles.